The van der Waals surface area contributed by atoms with E-state index in [0.717, 1.165) is 0 Å². The minimum absolute atomic E-state index is 0.0233. The normalized spacial score (nSPS) is 14.4. The number of hydrogen-bond donors (Lipinski definition) is 6. The van der Waals surface area contributed by atoms with Crippen LogP contribution in [-0.2, 0) is 19.2 Å². The van der Waals surface area contributed by atoms with Crippen LogP contribution in [0.3, 0.4) is 0 Å². The molecule has 138 valence electrons. The number of nitrogens with one attached hydrogen (secondary N) is 3. The van der Waals surface area contributed by atoms with Crippen molar-refractivity contribution in [2.24, 2.45) is 11.7 Å². The van der Waals surface area contributed by atoms with Crippen LogP contribution in [0.2, 0.25) is 0 Å². The maximum atomic E-state index is 12.3. The summed E-state index contributed by atoms with van der Waals surface area (Å²) < 4.78 is 0. The fraction of sp³-hybridized carbons (Fsp3) is 0.714. The van der Waals surface area contributed by atoms with Crippen molar-refractivity contribution in [3.63, 3.8) is 0 Å². The Bertz CT molecular complexity index is 470. The second-order valence-electron chi connectivity index (χ2n) is 5.83. The molecule has 0 fully saturated rings. The molecule has 0 heterocycles. The van der Waals surface area contributed by atoms with E-state index in [-0.39, 0.29) is 11.7 Å². The summed E-state index contributed by atoms with van der Waals surface area (Å²) in [4.78, 5) is 46.4. The van der Waals surface area contributed by atoms with E-state index in [1.165, 1.54) is 6.92 Å². The summed E-state index contributed by atoms with van der Waals surface area (Å²) in [6.45, 7) is 4.65. The number of carbonyl (C=O) groups excluding carboxylic acids is 3. The van der Waals surface area contributed by atoms with Crippen LogP contribution in [0.15, 0.2) is 0 Å². The summed E-state index contributed by atoms with van der Waals surface area (Å²) >= 11 is 4.02. The van der Waals surface area contributed by atoms with Gasteiger partial charge in [-0.2, -0.15) is 12.6 Å². The number of thiol groups is 1. The van der Waals surface area contributed by atoms with E-state index in [0.29, 0.717) is 6.42 Å². The smallest absolute Gasteiger partial charge is 0.322 e. The number of aliphatic carboxylic acids is 1. The Morgan fingerprint density at radius 1 is 1.00 bits per heavy atom. The van der Waals surface area contributed by atoms with E-state index in [1.54, 1.807) is 0 Å². The van der Waals surface area contributed by atoms with Gasteiger partial charge in [0.25, 0.3) is 0 Å². The molecule has 0 rings (SSSR count). The van der Waals surface area contributed by atoms with Crippen molar-refractivity contribution in [3.8, 4) is 0 Å². The molecule has 9 nitrogen and oxygen atoms in total. The quantitative estimate of drug-likeness (QED) is 0.260. The van der Waals surface area contributed by atoms with E-state index >= 15 is 0 Å². The highest BCUT2D eigenvalue weighted by Gasteiger charge is 2.27. The second kappa shape index (κ2) is 10.9. The Labute approximate surface area is 146 Å². The van der Waals surface area contributed by atoms with Crippen molar-refractivity contribution in [1.29, 1.82) is 0 Å². The maximum Gasteiger partial charge on any atom is 0.322 e. The van der Waals surface area contributed by atoms with Crippen molar-refractivity contribution in [3.05, 3.63) is 0 Å². The topological polar surface area (TPSA) is 151 Å². The van der Waals surface area contributed by atoms with Crippen molar-refractivity contribution in [1.82, 2.24) is 16.0 Å². The standard InChI is InChI=1S/C14H26N4O5S/c1-7(2)4-9(13(22)16-5-11(19)20)17-14(23)10(6-24)18-12(21)8(3)15/h7-10,24H,4-6,15H2,1-3H3,(H,16,22)(H,17,23)(H,18,21)(H,19,20). The van der Waals surface area contributed by atoms with Gasteiger partial charge in [0.15, 0.2) is 0 Å². The highest BCUT2D eigenvalue weighted by atomic mass is 32.1. The van der Waals surface area contributed by atoms with Crippen LogP contribution < -0.4 is 21.7 Å². The third-order valence-corrected chi connectivity index (χ3v) is 3.35. The van der Waals surface area contributed by atoms with Gasteiger partial charge in [-0.05, 0) is 19.3 Å². The monoisotopic (exact) mass is 362 g/mol. The van der Waals surface area contributed by atoms with Gasteiger partial charge >= 0.3 is 5.97 Å². The molecule has 10 heteroatoms. The lowest BCUT2D eigenvalue weighted by Gasteiger charge is -2.23. The number of carboxylic acid groups (broad SMARTS) is 1. The molecule has 3 amide bonds. The summed E-state index contributed by atoms with van der Waals surface area (Å²) in [7, 11) is 0. The maximum absolute atomic E-state index is 12.3. The molecule has 0 aliphatic rings. The van der Waals surface area contributed by atoms with Crippen LogP contribution in [-0.4, -0.2) is 59.2 Å². The zero-order valence-corrected chi connectivity index (χ0v) is 14.9. The lowest BCUT2D eigenvalue weighted by molar-refractivity contribution is -0.138. The lowest BCUT2D eigenvalue weighted by atomic mass is 10.0. The first-order valence-corrected chi connectivity index (χ1v) is 8.18. The van der Waals surface area contributed by atoms with Gasteiger partial charge < -0.3 is 26.8 Å². The van der Waals surface area contributed by atoms with Crippen LogP contribution in [0.1, 0.15) is 27.2 Å². The first-order valence-electron chi connectivity index (χ1n) is 7.55. The van der Waals surface area contributed by atoms with Gasteiger partial charge in [-0.25, -0.2) is 0 Å². The predicted molar refractivity (Wildman–Crippen MR) is 91.5 cm³/mol. The Kier molecular flexibility index (Phi) is 10.0. The molecule has 3 atom stereocenters. The summed E-state index contributed by atoms with van der Waals surface area (Å²) in [5.41, 5.74) is 5.43. The van der Waals surface area contributed by atoms with Gasteiger partial charge in [0.2, 0.25) is 17.7 Å². The minimum Gasteiger partial charge on any atom is -0.480 e. The Morgan fingerprint density at radius 3 is 1.96 bits per heavy atom. The van der Waals surface area contributed by atoms with Crippen LogP contribution >= 0.6 is 12.6 Å². The van der Waals surface area contributed by atoms with Gasteiger partial charge in [0.05, 0.1) is 6.04 Å². The number of carbonyl (C=O) groups is 4. The van der Waals surface area contributed by atoms with Crippen molar-refractivity contribution < 1.29 is 24.3 Å². The van der Waals surface area contributed by atoms with Gasteiger partial charge in [-0.1, -0.05) is 13.8 Å². The van der Waals surface area contributed by atoms with E-state index in [1.807, 2.05) is 13.8 Å². The third kappa shape index (κ3) is 8.73. The molecule has 0 bridgehead atoms. The number of amides is 3. The van der Waals surface area contributed by atoms with Gasteiger partial charge in [-0.3, -0.25) is 19.2 Å². The summed E-state index contributed by atoms with van der Waals surface area (Å²) in [6.07, 6.45) is 0.317. The molecular formula is C14H26N4O5S. The van der Waals surface area contributed by atoms with Crippen molar-refractivity contribution in [2.45, 2.75) is 45.3 Å². The Balaban J connectivity index is 4.90. The predicted octanol–water partition coefficient (Wildman–Crippen LogP) is -1.52. The summed E-state index contributed by atoms with van der Waals surface area (Å²) in [5.74, 6) is -2.78. The zero-order chi connectivity index (χ0) is 18.9. The van der Waals surface area contributed by atoms with Crippen LogP contribution in [0.25, 0.3) is 0 Å². The molecule has 0 aromatic carbocycles. The van der Waals surface area contributed by atoms with Gasteiger partial charge in [-0.15, -0.1) is 0 Å². The molecule has 3 unspecified atom stereocenters. The highest BCUT2D eigenvalue weighted by Crippen LogP contribution is 2.06. The van der Waals surface area contributed by atoms with E-state index in [2.05, 4.69) is 28.6 Å². The average molecular weight is 362 g/mol. The molecule has 0 radical (unpaired) electrons. The average Bonchev–Trinajstić information content (AvgIpc) is 2.48. The molecule has 0 aromatic heterocycles. The largest absolute Gasteiger partial charge is 0.480 e. The summed E-state index contributed by atoms with van der Waals surface area (Å²) in [6, 6.07) is -2.65. The number of nitrogens with two attached hydrogens (primary N) is 1. The van der Waals surface area contributed by atoms with Crippen molar-refractivity contribution in [2.75, 3.05) is 12.3 Å². The zero-order valence-electron chi connectivity index (χ0n) is 14.0. The minimum atomic E-state index is -1.18. The fourth-order valence-electron chi connectivity index (χ4n) is 1.76. The lowest BCUT2D eigenvalue weighted by Crippen LogP contribution is -2.56. The third-order valence-electron chi connectivity index (χ3n) is 2.98. The van der Waals surface area contributed by atoms with Crippen molar-refractivity contribution >= 4 is 36.3 Å². The van der Waals surface area contributed by atoms with E-state index < -0.39 is 48.4 Å². The highest BCUT2D eigenvalue weighted by molar-refractivity contribution is 7.80. The molecule has 24 heavy (non-hydrogen) atoms. The first-order chi connectivity index (χ1) is 11.1. The first kappa shape index (κ1) is 22.2. The van der Waals surface area contributed by atoms with E-state index in [4.69, 9.17) is 10.8 Å². The molecule has 0 spiro atoms. The molecule has 0 saturated heterocycles. The number of carboxylic acids is 1. The molecule has 0 aliphatic heterocycles. The number of hydrogen-bond acceptors (Lipinski definition) is 6. The second-order valence-corrected chi connectivity index (χ2v) is 6.20. The Morgan fingerprint density at radius 2 is 1.54 bits per heavy atom. The molecule has 0 saturated carbocycles. The van der Waals surface area contributed by atoms with Crippen LogP contribution in [0, 0.1) is 5.92 Å². The molecule has 6 N–H and O–H groups in total. The molecule has 0 aromatic rings. The Hall–Kier alpha value is -1.81. The number of rotatable bonds is 10. The van der Waals surface area contributed by atoms with Gasteiger partial charge in [0.1, 0.15) is 18.6 Å². The summed E-state index contributed by atoms with van der Waals surface area (Å²) in [5, 5.41) is 15.8. The molecular weight excluding hydrogens is 336 g/mol. The van der Waals surface area contributed by atoms with E-state index in [9.17, 15) is 19.2 Å². The van der Waals surface area contributed by atoms with Gasteiger partial charge in [0, 0.05) is 5.75 Å². The van der Waals surface area contributed by atoms with Crippen LogP contribution in [0.5, 0.6) is 0 Å². The fourth-order valence-corrected chi connectivity index (χ4v) is 2.02. The van der Waals surface area contributed by atoms with Crippen LogP contribution in [0.4, 0.5) is 0 Å². The SMILES string of the molecule is CC(C)CC(NC(=O)C(CS)NC(=O)C(C)N)C(=O)NCC(=O)O. The molecule has 0 aliphatic carbocycles.